The fourth-order valence-electron chi connectivity index (χ4n) is 3.03. The maximum Gasteiger partial charge on any atom is 0.193 e. The molecular weight excluding hydrogens is 277 g/mol. The van der Waals surface area contributed by atoms with Crippen molar-refractivity contribution in [3.05, 3.63) is 65.0 Å². The summed E-state index contributed by atoms with van der Waals surface area (Å²) in [4.78, 5) is 14.6. The van der Waals surface area contributed by atoms with Crippen molar-refractivity contribution in [2.75, 3.05) is 18.0 Å². The average Bonchev–Trinajstić information content (AvgIpc) is 2.57. The third-order valence-electron chi connectivity index (χ3n) is 4.27. The van der Waals surface area contributed by atoms with Crippen molar-refractivity contribution in [1.82, 2.24) is 0 Å². The van der Waals surface area contributed by atoms with Crippen LogP contribution in [0.25, 0.3) is 0 Å². The van der Waals surface area contributed by atoms with E-state index in [4.69, 9.17) is 0 Å². The van der Waals surface area contributed by atoms with Crippen LogP contribution in [0, 0.1) is 12.7 Å². The van der Waals surface area contributed by atoms with Gasteiger partial charge in [0.05, 0.1) is 5.69 Å². The Kier molecular flexibility index (Phi) is 4.23. The van der Waals surface area contributed by atoms with Gasteiger partial charge >= 0.3 is 0 Å². The maximum atomic E-state index is 14.5. The minimum Gasteiger partial charge on any atom is -0.369 e. The molecule has 1 aliphatic rings. The SMILES string of the molecule is Cc1cc(N2CCCCC2)c(F)cc1C(=O)c1ccccc1. The molecule has 0 unspecified atom stereocenters. The van der Waals surface area contributed by atoms with E-state index in [1.807, 2.05) is 31.2 Å². The van der Waals surface area contributed by atoms with E-state index in [0.29, 0.717) is 16.8 Å². The fraction of sp³-hybridized carbons (Fsp3) is 0.316. The van der Waals surface area contributed by atoms with Gasteiger partial charge < -0.3 is 4.90 Å². The maximum absolute atomic E-state index is 14.5. The summed E-state index contributed by atoms with van der Waals surface area (Å²) in [7, 11) is 0. The molecule has 114 valence electrons. The van der Waals surface area contributed by atoms with E-state index in [9.17, 15) is 9.18 Å². The lowest BCUT2D eigenvalue weighted by atomic mass is 9.97. The zero-order valence-electron chi connectivity index (χ0n) is 12.8. The number of ketones is 1. The Labute approximate surface area is 130 Å². The summed E-state index contributed by atoms with van der Waals surface area (Å²) >= 11 is 0. The quantitative estimate of drug-likeness (QED) is 0.785. The standard InChI is InChI=1S/C19H20FNO/c1-14-12-18(21-10-6-3-7-11-21)17(20)13-16(14)19(22)15-8-4-2-5-9-15/h2,4-5,8-9,12-13H,3,6-7,10-11H2,1H3. The highest BCUT2D eigenvalue weighted by Crippen LogP contribution is 2.27. The van der Waals surface area contributed by atoms with Crippen molar-refractivity contribution >= 4 is 11.5 Å². The first-order chi connectivity index (χ1) is 10.7. The Morgan fingerprint density at radius 2 is 1.73 bits per heavy atom. The van der Waals surface area contributed by atoms with Crippen LogP contribution in [0.1, 0.15) is 40.7 Å². The number of anilines is 1. The van der Waals surface area contributed by atoms with Gasteiger partial charge in [0.15, 0.2) is 5.78 Å². The minimum atomic E-state index is -0.299. The average molecular weight is 297 g/mol. The van der Waals surface area contributed by atoms with Crippen LogP contribution < -0.4 is 4.90 Å². The lowest BCUT2D eigenvalue weighted by Gasteiger charge is -2.29. The van der Waals surface area contributed by atoms with Gasteiger partial charge in [-0.2, -0.15) is 0 Å². The van der Waals surface area contributed by atoms with E-state index in [1.165, 1.54) is 12.5 Å². The largest absolute Gasteiger partial charge is 0.369 e. The number of hydrogen-bond donors (Lipinski definition) is 0. The Hall–Kier alpha value is -2.16. The number of benzene rings is 2. The molecule has 1 aliphatic heterocycles. The summed E-state index contributed by atoms with van der Waals surface area (Å²) in [5.41, 5.74) is 2.50. The normalized spacial score (nSPS) is 14.9. The predicted octanol–water partition coefficient (Wildman–Crippen LogP) is 4.36. The Balaban J connectivity index is 1.94. The third kappa shape index (κ3) is 2.89. The van der Waals surface area contributed by atoms with Crippen molar-refractivity contribution in [2.45, 2.75) is 26.2 Å². The number of carbonyl (C=O) groups excluding carboxylic acids is 1. The molecule has 3 heteroatoms. The molecule has 0 radical (unpaired) electrons. The summed E-state index contributed by atoms with van der Waals surface area (Å²) < 4.78 is 14.5. The zero-order valence-corrected chi connectivity index (χ0v) is 12.8. The van der Waals surface area contributed by atoms with Gasteiger partial charge in [-0.1, -0.05) is 30.3 Å². The molecule has 2 aromatic carbocycles. The number of piperidine rings is 1. The number of hydrogen-bond acceptors (Lipinski definition) is 2. The number of aryl methyl sites for hydroxylation is 1. The first-order valence-corrected chi connectivity index (χ1v) is 7.81. The van der Waals surface area contributed by atoms with Crippen molar-refractivity contribution in [3.63, 3.8) is 0 Å². The second-order valence-corrected chi connectivity index (χ2v) is 5.86. The van der Waals surface area contributed by atoms with Gasteiger partial charge in [0, 0.05) is 24.2 Å². The van der Waals surface area contributed by atoms with E-state index in [-0.39, 0.29) is 11.6 Å². The molecule has 22 heavy (non-hydrogen) atoms. The molecule has 0 amide bonds. The van der Waals surface area contributed by atoms with Crippen LogP contribution in [0.4, 0.5) is 10.1 Å². The van der Waals surface area contributed by atoms with Gasteiger partial charge in [-0.3, -0.25) is 4.79 Å². The number of rotatable bonds is 3. The van der Waals surface area contributed by atoms with Gasteiger partial charge in [0.2, 0.25) is 0 Å². The van der Waals surface area contributed by atoms with Gasteiger partial charge in [0.1, 0.15) is 5.82 Å². The summed E-state index contributed by atoms with van der Waals surface area (Å²) in [6.45, 7) is 3.66. The molecule has 0 spiro atoms. The molecule has 1 fully saturated rings. The molecule has 3 rings (SSSR count). The molecule has 0 saturated carbocycles. The van der Waals surface area contributed by atoms with Crippen molar-refractivity contribution in [2.24, 2.45) is 0 Å². The molecular formula is C19H20FNO. The van der Waals surface area contributed by atoms with Crippen LogP contribution in [0.3, 0.4) is 0 Å². The van der Waals surface area contributed by atoms with E-state index in [2.05, 4.69) is 4.90 Å². The van der Waals surface area contributed by atoms with Crippen LogP contribution in [-0.4, -0.2) is 18.9 Å². The van der Waals surface area contributed by atoms with Crippen LogP contribution >= 0.6 is 0 Å². The van der Waals surface area contributed by atoms with Crippen molar-refractivity contribution in [3.8, 4) is 0 Å². The zero-order chi connectivity index (χ0) is 15.5. The van der Waals surface area contributed by atoms with Crippen LogP contribution in [0.5, 0.6) is 0 Å². The summed E-state index contributed by atoms with van der Waals surface area (Å²) in [5.74, 6) is -0.422. The molecule has 0 N–H and O–H groups in total. The van der Waals surface area contributed by atoms with Gasteiger partial charge in [0.25, 0.3) is 0 Å². The van der Waals surface area contributed by atoms with Crippen molar-refractivity contribution < 1.29 is 9.18 Å². The topological polar surface area (TPSA) is 20.3 Å². The molecule has 0 atom stereocenters. The van der Waals surface area contributed by atoms with Crippen LogP contribution in [-0.2, 0) is 0 Å². The predicted molar refractivity (Wildman–Crippen MR) is 87.1 cm³/mol. The number of carbonyl (C=O) groups is 1. The van der Waals surface area contributed by atoms with E-state index < -0.39 is 0 Å². The number of nitrogens with zero attached hydrogens (tertiary/aromatic N) is 1. The van der Waals surface area contributed by atoms with Gasteiger partial charge in [-0.05, 0) is 43.9 Å². The Bertz CT molecular complexity index is 675. The number of halogens is 1. The highest BCUT2D eigenvalue weighted by atomic mass is 19.1. The second kappa shape index (κ2) is 6.30. The molecule has 0 aromatic heterocycles. The lowest BCUT2D eigenvalue weighted by Crippen LogP contribution is -2.30. The summed E-state index contributed by atoms with van der Waals surface area (Å²) in [6.07, 6.45) is 3.41. The Morgan fingerprint density at radius 1 is 1.05 bits per heavy atom. The summed E-state index contributed by atoms with van der Waals surface area (Å²) in [6, 6.07) is 12.2. The first-order valence-electron chi connectivity index (χ1n) is 7.81. The molecule has 0 aliphatic carbocycles. The Morgan fingerprint density at radius 3 is 2.41 bits per heavy atom. The molecule has 2 nitrogen and oxygen atoms in total. The van der Waals surface area contributed by atoms with Crippen LogP contribution in [0.15, 0.2) is 42.5 Å². The fourth-order valence-corrected chi connectivity index (χ4v) is 3.03. The van der Waals surface area contributed by atoms with E-state index in [1.54, 1.807) is 12.1 Å². The molecule has 0 bridgehead atoms. The van der Waals surface area contributed by atoms with E-state index >= 15 is 0 Å². The monoisotopic (exact) mass is 297 g/mol. The van der Waals surface area contributed by atoms with Crippen molar-refractivity contribution in [1.29, 1.82) is 0 Å². The smallest absolute Gasteiger partial charge is 0.193 e. The summed E-state index contributed by atoms with van der Waals surface area (Å²) in [5, 5.41) is 0. The highest BCUT2D eigenvalue weighted by Gasteiger charge is 2.19. The minimum absolute atomic E-state index is 0.123. The van der Waals surface area contributed by atoms with E-state index in [0.717, 1.165) is 31.5 Å². The highest BCUT2D eigenvalue weighted by molar-refractivity contribution is 6.10. The van der Waals surface area contributed by atoms with Crippen LogP contribution in [0.2, 0.25) is 0 Å². The third-order valence-corrected chi connectivity index (χ3v) is 4.27. The second-order valence-electron chi connectivity index (χ2n) is 5.86. The lowest BCUT2D eigenvalue weighted by molar-refractivity contribution is 0.103. The first kappa shape index (κ1) is 14.8. The molecule has 2 aromatic rings. The molecule has 1 heterocycles. The van der Waals surface area contributed by atoms with Gasteiger partial charge in [-0.15, -0.1) is 0 Å². The molecule has 1 saturated heterocycles. The van der Waals surface area contributed by atoms with Gasteiger partial charge in [-0.25, -0.2) is 4.39 Å².